The van der Waals surface area contributed by atoms with Gasteiger partial charge in [0, 0.05) is 22.2 Å². The van der Waals surface area contributed by atoms with Crippen molar-refractivity contribution in [3.05, 3.63) is 56.5 Å². The lowest BCUT2D eigenvalue weighted by Crippen LogP contribution is -2.23. The van der Waals surface area contributed by atoms with Crippen LogP contribution in [-0.4, -0.2) is 19.1 Å². The standard InChI is InChI=1S/C19H20Cl3NO3/c1-3-7-26-18-16(22)8-13(9-17(18)25-4-2)19(24)23-11-12-5-6-14(20)10-15(12)21/h5-6,8-10H,3-4,7,11H2,1-2H3,(H,23,24). The van der Waals surface area contributed by atoms with Crippen LogP contribution in [0.5, 0.6) is 11.5 Å². The molecule has 0 aliphatic heterocycles. The molecule has 0 saturated heterocycles. The zero-order valence-electron chi connectivity index (χ0n) is 14.6. The number of hydrogen-bond acceptors (Lipinski definition) is 3. The Morgan fingerprint density at radius 2 is 1.81 bits per heavy atom. The number of halogens is 3. The maximum absolute atomic E-state index is 12.5. The van der Waals surface area contributed by atoms with E-state index >= 15 is 0 Å². The first-order chi connectivity index (χ1) is 12.5. The van der Waals surface area contributed by atoms with E-state index in [0.29, 0.717) is 45.3 Å². The molecule has 2 rings (SSSR count). The topological polar surface area (TPSA) is 47.6 Å². The van der Waals surface area contributed by atoms with Crippen molar-refractivity contribution in [3.8, 4) is 11.5 Å². The van der Waals surface area contributed by atoms with Crippen LogP contribution in [0.15, 0.2) is 30.3 Å². The molecule has 0 aliphatic rings. The summed E-state index contributed by atoms with van der Waals surface area (Å²) in [6.45, 7) is 5.07. The predicted octanol–water partition coefficient (Wildman–Crippen LogP) is 5.76. The highest BCUT2D eigenvalue weighted by Crippen LogP contribution is 2.37. The van der Waals surface area contributed by atoms with E-state index in [-0.39, 0.29) is 12.5 Å². The Balaban J connectivity index is 2.17. The third-order valence-corrected chi connectivity index (χ3v) is 4.34. The van der Waals surface area contributed by atoms with Gasteiger partial charge in [-0.3, -0.25) is 4.79 Å². The lowest BCUT2D eigenvalue weighted by molar-refractivity contribution is 0.0950. The Bertz CT molecular complexity index is 781. The van der Waals surface area contributed by atoms with Gasteiger partial charge in [-0.1, -0.05) is 47.8 Å². The van der Waals surface area contributed by atoms with E-state index in [1.54, 1.807) is 30.3 Å². The number of amides is 1. The number of rotatable bonds is 8. The second-order valence-electron chi connectivity index (χ2n) is 5.49. The van der Waals surface area contributed by atoms with Crippen molar-refractivity contribution in [2.75, 3.05) is 13.2 Å². The van der Waals surface area contributed by atoms with Crippen LogP contribution < -0.4 is 14.8 Å². The molecule has 0 fully saturated rings. The molecule has 2 aromatic carbocycles. The van der Waals surface area contributed by atoms with Gasteiger partial charge in [-0.25, -0.2) is 0 Å². The molecule has 140 valence electrons. The Labute approximate surface area is 168 Å². The van der Waals surface area contributed by atoms with Gasteiger partial charge in [-0.15, -0.1) is 0 Å². The Morgan fingerprint density at radius 1 is 1.04 bits per heavy atom. The van der Waals surface area contributed by atoms with Crippen molar-refractivity contribution in [3.63, 3.8) is 0 Å². The van der Waals surface area contributed by atoms with Crippen molar-refractivity contribution in [1.29, 1.82) is 0 Å². The SMILES string of the molecule is CCCOc1c(Cl)cc(C(=O)NCc2ccc(Cl)cc2Cl)cc1OCC. The molecule has 0 unspecified atom stereocenters. The van der Waals surface area contributed by atoms with E-state index in [1.807, 2.05) is 13.8 Å². The normalized spacial score (nSPS) is 10.5. The minimum Gasteiger partial charge on any atom is -0.490 e. The average Bonchev–Trinajstić information content (AvgIpc) is 2.60. The van der Waals surface area contributed by atoms with Crippen LogP contribution in [0.25, 0.3) is 0 Å². The maximum Gasteiger partial charge on any atom is 0.251 e. The van der Waals surface area contributed by atoms with Crippen LogP contribution in [0, 0.1) is 0 Å². The summed E-state index contributed by atoms with van der Waals surface area (Å²) < 4.78 is 11.2. The van der Waals surface area contributed by atoms with E-state index in [0.717, 1.165) is 12.0 Å². The summed E-state index contributed by atoms with van der Waals surface area (Å²) >= 11 is 18.3. The molecule has 4 nitrogen and oxygen atoms in total. The second-order valence-corrected chi connectivity index (χ2v) is 6.74. The van der Waals surface area contributed by atoms with E-state index in [4.69, 9.17) is 44.3 Å². The van der Waals surface area contributed by atoms with E-state index < -0.39 is 0 Å². The monoisotopic (exact) mass is 415 g/mol. The molecule has 0 aliphatic carbocycles. The fraction of sp³-hybridized carbons (Fsp3) is 0.316. The first-order valence-electron chi connectivity index (χ1n) is 8.27. The third kappa shape index (κ3) is 5.44. The fourth-order valence-corrected chi connectivity index (χ4v) is 2.99. The van der Waals surface area contributed by atoms with Crippen molar-refractivity contribution in [2.24, 2.45) is 0 Å². The van der Waals surface area contributed by atoms with Gasteiger partial charge in [0.15, 0.2) is 11.5 Å². The highest BCUT2D eigenvalue weighted by atomic mass is 35.5. The summed E-state index contributed by atoms with van der Waals surface area (Å²) in [6, 6.07) is 8.31. The molecule has 0 bridgehead atoms. The third-order valence-electron chi connectivity index (χ3n) is 3.48. The van der Waals surface area contributed by atoms with Gasteiger partial charge in [-0.2, -0.15) is 0 Å². The summed E-state index contributed by atoms with van der Waals surface area (Å²) in [7, 11) is 0. The lowest BCUT2D eigenvalue weighted by atomic mass is 10.1. The van der Waals surface area contributed by atoms with Crippen LogP contribution in [-0.2, 0) is 6.54 Å². The number of carbonyl (C=O) groups excluding carboxylic acids is 1. The summed E-state index contributed by atoms with van der Waals surface area (Å²) in [5, 5.41) is 4.18. The van der Waals surface area contributed by atoms with Crippen molar-refractivity contribution in [1.82, 2.24) is 5.32 Å². The van der Waals surface area contributed by atoms with E-state index in [9.17, 15) is 4.79 Å². The van der Waals surface area contributed by atoms with Crippen molar-refractivity contribution in [2.45, 2.75) is 26.8 Å². The molecule has 7 heteroatoms. The zero-order chi connectivity index (χ0) is 19.1. The number of nitrogens with one attached hydrogen (secondary N) is 1. The fourth-order valence-electron chi connectivity index (χ4n) is 2.25. The number of hydrogen-bond donors (Lipinski definition) is 1. The molecular formula is C19H20Cl3NO3. The molecule has 0 heterocycles. The van der Waals surface area contributed by atoms with Crippen LogP contribution in [0.2, 0.25) is 15.1 Å². The Kier molecular flexibility index (Phi) is 7.88. The minimum atomic E-state index is -0.291. The molecule has 26 heavy (non-hydrogen) atoms. The van der Waals surface area contributed by atoms with Crippen molar-refractivity contribution < 1.29 is 14.3 Å². The first-order valence-corrected chi connectivity index (χ1v) is 9.40. The quantitative estimate of drug-likeness (QED) is 0.594. The van der Waals surface area contributed by atoms with Crippen molar-refractivity contribution >= 4 is 40.7 Å². The molecule has 0 aromatic heterocycles. The van der Waals surface area contributed by atoms with Gasteiger partial charge in [0.25, 0.3) is 5.91 Å². The largest absolute Gasteiger partial charge is 0.490 e. The molecule has 1 N–H and O–H groups in total. The van der Waals surface area contributed by atoms with Crippen LogP contribution in [0.3, 0.4) is 0 Å². The molecule has 2 aromatic rings. The van der Waals surface area contributed by atoms with Crippen LogP contribution >= 0.6 is 34.8 Å². The summed E-state index contributed by atoms with van der Waals surface area (Å²) in [5.41, 5.74) is 1.15. The van der Waals surface area contributed by atoms with E-state index in [2.05, 4.69) is 5.32 Å². The maximum atomic E-state index is 12.5. The number of ether oxygens (including phenoxy) is 2. The number of benzene rings is 2. The minimum absolute atomic E-state index is 0.268. The highest BCUT2D eigenvalue weighted by Gasteiger charge is 2.16. The molecule has 1 amide bonds. The molecule has 0 radical (unpaired) electrons. The number of carbonyl (C=O) groups is 1. The highest BCUT2D eigenvalue weighted by molar-refractivity contribution is 6.35. The van der Waals surface area contributed by atoms with Gasteiger partial charge in [0.2, 0.25) is 0 Å². The lowest BCUT2D eigenvalue weighted by Gasteiger charge is -2.15. The summed E-state index contributed by atoms with van der Waals surface area (Å²) in [4.78, 5) is 12.5. The molecule has 0 saturated carbocycles. The zero-order valence-corrected chi connectivity index (χ0v) is 16.8. The Hall–Kier alpha value is -1.62. The molecule has 0 atom stereocenters. The van der Waals surface area contributed by atoms with Crippen LogP contribution in [0.1, 0.15) is 36.2 Å². The van der Waals surface area contributed by atoms with Gasteiger partial charge in [-0.05, 0) is 43.2 Å². The predicted molar refractivity (Wildman–Crippen MR) is 106 cm³/mol. The molecule has 0 spiro atoms. The summed E-state index contributed by atoms with van der Waals surface area (Å²) in [6.07, 6.45) is 0.839. The second kappa shape index (κ2) is 9.91. The first kappa shape index (κ1) is 20.7. The Morgan fingerprint density at radius 3 is 2.46 bits per heavy atom. The van der Waals surface area contributed by atoms with E-state index in [1.165, 1.54) is 0 Å². The van der Waals surface area contributed by atoms with Crippen LogP contribution in [0.4, 0.5) is 0 Å². The summed E-state index contributed by atoms with van der Waals surface area (Å²) in [5.74, 6) is 0.608. The van der Waals surface area contributed by atoms with Gasteiger partial charge in [0.1, 0.15) is 0 Å². The van der Waals surface area contributed by atoms with Gasteiger partial charge < -0.3 is 14.8 Å². The van der Waals surface area contributed by atoms with Gasteiger partial charge in [0.05, 0.1) is 18.2 Å². The average molecular weight is 417 g/mol. The van der Waals surface area contributed by atoms with Gasteiger partial charge >= 0.3 is 0 Å². The smallest absolute Gasteiger partial charge is 0.251 e. The molecular weight excluding hydrogens is 397 g/mol.